The smallest absolute Gasteiger partial charge is 0.406 e. The van der Waals surface area contributed by atoms with Gasteiger partial charge in [-0.2, -0.15) is 5.26 Å². The van der Waals surface area contributed by atoms with Crippen molar-refractivity contribution in [2.75, 3.05) is 0 Å². The van der Waals surface area contributed by atoms with Gasteiger partial charge in [0.1, 0.15) is 12.0 Å². The predicted molar refractivity (Wildman–Crippen MR) is 47.8 cm³/mol. The molecule has 0 N–H and O–H groups in total. The maximum atomic E-state index is 11.9. The Bertz CT molecular complexity index is 435. The van der Waals surface area contributed by atoms with Gasteiger partial charge in [-0.3, -0.25) is 4.79 Å². The normalized spacial score (nSPS) is 10.6. The summed E-state index contributed by atoms with van der Waals surface area (Å²) in [4.78, 5) is 10.6. The molecular formula is C10H6F3NO2. The Balaban J connectivity index is 3.00. The van der Waals surface area contributed by atoms with Crippen molar-refractivity contribution in [3.63, 3.8) is 0 Å². The van der Waals surface area contributed by atoms with E-state index in [-0.39, 0.29) is 12.0 Å². The molecule has 0 atom stereocenters. The fourth-order valence-corrected chi connectivity index (χ4v) is 1.13. The number of carbonyl (C=O) groups is 1. The van der Waals surface area contributed by atoms with Crippen LogP contribution < -0.4 is 4.74 Å². The Morgan fingerprint density at radius 3 is 2.62 bits per heavy atom. The van der Waals surface area contributed by atoms with E-state index in [1.54, 1.807) is 6.07 Å². The molecule has 0 radical (unpaired) electrons. The molecule has 0 bridgehead atoms. The average molecular weight is 229 g/mol. The summed E-state index contributed by atoms with van der Waals surface area (Å²) in [6.07, 6.45) is -4.45. The lowest BCUT2D eigenvalue weighted by atomic mass is 10.1. The number of hydrogen-bond donors (Lipinski definition) is 0. The number of rotatable bonds is 3. The van der Waals surface area contributed by atoms with Crippen molar-refractivity contribution in [2.24, 2.45) is 0 Å². The molecule has 1 rings (SSSR count). The van der Waals surface area contributed by atoms with Gasteiger partial charge in [0.2, 0.25) is 0 Å². The van der Waals surface area contributed by atoms with Crippen molar-refractivity contribution in [3.8, 4) is 11.8 Å². The van der Waals surface area contributed by atoms with E-state index in [1.807, 2.05) is 0 Å². The molecule has 0 saturated heterocycles. The third kappa shape index (κ3) is 3.28. The van der Waals surface area contributed by atoms with Crippen LogP contribution in [0.1, 0.15) is 15.9 Å². The molecule has 16 heavy (non-hydrogen) atoms. The van der Waals surface area contributed by atoms with E-state index in [0.717, 1.165) is 12.1 Å². The first-order chi connectivity index (χ1) is 7.46. The first kappa shape index (κ1) is 12.0. The number of nitriles is 1. The van der Waals surface area contributed by atoms with E-state index >= 15 is 0 Å². The Morgan fingerprint density at radius 2 is 2.12 bits per heavy atom. The molecule has 0 spiro atoms. The molecule has 0 aromatic heterocycles. The molecule has 0 aliphatic rings. The molecule has 3 nitrogen and oxygen atoms in total. The van der Waals surface area contributed by atoms with Gasteiger partial charge < -0.3 is 4.74 Å². The highest BCUT2D eigenvalue weighted by molar-refractivity contribution is 5.78. The zero-order valence-electron chi connectivity index (χ0n) is 7.91. The highest BCUT2D eigenvalue weighted by Gasteiger charge is 2.31. The Hall–Kier alpha value is -2.03. The first-order valence-electron chi connectivity index (χ1n) is 4.17. The summed E-state index contributed by atoms with van der Waals surface area (Å²) < 4.78 is 39.2. The summed E-state index contributed by atoms with van der Waals surface area (Å²) in [5.41, 5.74) is 0.385. The van der Waals surface area contributed by atoms with Gasteiger partial charge in [0.05, 0.1) is 12.5 Å². The molecule has 0 aliphatic heterocycles. The van der Waals surface area contributed by atoms with E-state index in [2.05, 4.69) is 4.74 Å². The first-order valence-corrected chi connectivity index (χ1v) is 4.17. The van der Waals surface area contributed by atoms with E-state index in [4.69, 9.17) is 5.26 Å². The topological polar surface area (TPSA) is 50.1 Å². The second-order valence-corrected chi connectivity index (χ2v) is 2.86. The lowest BCUT2D eigenvalue weighted by Crippen LogP contribution is -2.17. The molecule has 0 heterocycles. The van der Waals surface area contributed by atoms with Crippen molar-refractivity contribution >= 4 is 6.29 Å². The Labute approximate surface area is 89.1 Å². The molecule has 6 heteroatoms. The van der Waals surface area contributed by atoms with Crippen molar-refractivity contribution in [1.29, 1.82) is 5.26 Å². The lowest BCUT2D eigenvalue weighted by molar-refractivity contribution is -0.274. The van der Waals surface area contributed by atoms with E-state index in [9.17, 15) is 18.0 Å². The highest BCUT2D eigenvalue weighted by atomic mass is 19.4. The molecule has 1 aromatic carbocycles. The second kappa shape index (κ2) is 4.66. The van der Waals surface area contributed by atoms with Crippen LogP contribution in [0.4, 0.5) is 13.2 Å². The van der Waals surface area contributed by atoms with Crippen LogP contribution in [0.5, 0.6) is 5.75 Å². The molecule has 0 aliphatic carbocycles. The van der Waals surface area contributed by atoms with Gasteiger partial charge in [-0.15, -0.1) is 13.2 Å². The maximum absolute atomic E-state index is 11.9. The van der Waals surface area contributed by atoms with Crippen LogP contribution in [0, 0.1) is 11.3 Å². The van der Waals surface area contributed by atoms with Gasteiger partial charge in [0.25, 0.3) is 0 Å². The summed E-state index contributed by atoms with van der Waals surface area (Å²) in [5, 5.41) is 8.42. The van der Waals surface area contributed by atoms with Gasteiger partial charge in [0, 0.05) is 5.56 Å². The lowest BCUT2D eigenvalue weighted by Gasteiger charge is -2.10. The number of carbonyl (C=O) groups excluding carboxylic acids is 1. The number of aldehydes is 1. The summed E-state index contributed by atoms with van der Waals surface area (Å²) in [7, 11) is 0. The minimum Gasteiger partial charge on any atom is -0.406 e. The van der Waals surface area contributed by atoms with Crippen molar-refractivity contribution < 1.29 is 22.7 Å². The van der Waals surface area contributed by atoms with Gasteiger partial charge in [-0.25, -0.2) is 0 Å². The molecule has 0 fully saturated rings. The summed E-state index contributed by atoms with van der Waals surface area (Å²) in [6.45, 7) is 0. The molecule has 0 unspecified atom stereocenters. The highest BCUT2D eigenvalue weighted by Crippen LogP contribution is 2.24. The molecular weight excluding hydrogens is 223 g/mol. The average Bonchev–Trinajstić information content (AvgIpc) is 2.18. The third-order valence-corrected chi connectivity index (χ3v) is 1.75. The number of nitrogens with zero attached hydrogens (tertiary/aromatic N) is 1. The zero-order valence-corrected chi connectivity index (χ0v) is 7.91. The summed E-state index contributed by atoms with van der Waals surface area (Å²) >= 11 is 0. The van der Waals surface area contributed by atoms with Gasteiger partial charge in [-0.05, 0) is 17.7 Å². The van der Waals surface area contributed by atoms with E-state index in [1.165, 1.54) is 6.07 Å². The van der Waals surface area contributed by atoms with Crippen LogP contribution in [0.3, 0.4) is 0 Å². The Morgan fingerprint density at radius 1 is 1.44 bits per heavy atom. The van der Waals surface area contributed by atoms with Crippen LogP contribution in [-0.4, -0.2) is 12.6 Å². The van der Waals surface area contributed by atoms with Crippen LogP contribution in [0.15, 0.2) is 18.2 Å². The van der Waals surface area contributed by atoms with Crippen molar-refractivity contribution in [1.82, 2.24) is 0 Å². The number of benzene rings is 1. The number of ether oxygens (including phenoxy) is 1. The van der Waals surface area contributed by atoms with Crippen LogP contribution in [0.25, 0.3) is 0 Å². The quantitative estimate of drug-likeness (QED) is 0.748. The standard InChI is InChI=1S/C10H6F3NO2/c11-10(12,13)16-9-2-1-7(3-4-14)8(5-9)6-15/h1-2,5-6H,3H2. The minimum absolute atomic E-state index is 0.0169. The van der Waals surface area contributed by atoms with Gasteiger partial charge in [-0.1, -0.05) is 6.07 Å². The van der Waals surface area contributed by atoms with Crippen molar-refractivity contribution in [2.45, 2.75) is 12.8 Å². The largest absolute Gasteiger partial charge is 0.573 e. The van der Waals surface area contributed by atoms with Crippen LogP contribution in [-0.2, 0) is 6.42 Å². The van der Waals surface area contributed by atoms with Crippen molar-refractivity contribution in [3.05, 3.63) is 29.3 Å². The maximum Gasteiger partial charge on any atom is 0.573 e. The SMILES string of the molecule is N#CCc1ccc(OC(F)(F)F)cc1C=O. The fourth-order valence-electron chi connectivity index (χ4n) is 1.13. The second-order valence-electron chi connectivity index (χ2n) is 2.86. The molecule has 1 aromatic rings. The van der Waals surface area contributed by atoms with Crippen LogP contribution in [0.2, 0.25) is 0 Å². The fraction of sp³-hybridized carbons (Fsp3) is 0.200. The number of alkyl halides is 3. The van der Waals surface area contributed by atoms with Gasteiger partial charge >= 0.3 is 6.36 Å². The molecule has 84 valence electrons. The summed E-state index contributed by atoms with van der Waals surface area (Å²) in [5.74, 6) is -0.476. The number of hydrogen-bond acceptors (Lipinski definition) is 3. The predicted octanol–water partition coefficient (Wildman–Crippen LogP) is 2.46. The molecule has 0 saturated carbocycles. The summed E-state index contributed by atoms with van der Waals surface area (Å²) in [6, 6.07) is 5.08. The Kier molecular flexibility index (Phi) is 3.51. The molecule has 0 amide bonds. The van der Waals surface area contributed by atoms with Gasteiger partial charge in [0.15, 0.2) is 0 Å². The monoisotopic (exact) mass is 229 g/mol. The van der Waals surface area contributed by atoms with E-state index < -0.39 is 12.1 Å². The zero-order chi connectivity index (χ0) is 12.2. The minimum atomic E-state index is -4.79. The third-order valence-electron chi connectivity index (χ3n) is 1.75. The van der Waals surface area contributed by atoms with Crippen LogP contribution >= 0.6 is 0 Å². The van der Waals surface area contributed by atoms with E-state index in [0.29, 0.717) is 11.8 Å². The number of halogens is 3.